The monoisotopic (exact) mass is 356 g/mol. The summed E-state index contributed by atoms with van der Waals surface area (Å²) in [5.41, 5.74) is 0.693. The SMILES string of the molecule is CCCn1ncc(Cl)c1C(C)(O)Cc1ccc(Br)cc1. The molecule has 0 bridgehead atoms. The molecule has 108 valence electrons. The highest BCUT2D eigenvalue weighted by molar-refractivity contribution is 9.10. The van der Waals surface area contributed by atoms with Gasteiger partial charge in [-0.2, -0.15) is 5.10 Å². The second kappa shape index (κ2) is 6.29. The Hall–Kier alpha value is -0.840. The van der Waals surface area contributed by atoms with Crippen molar-refractivity contribution >= 4 is 27.5 Å². The van der Waals surface area contributed by atoms with Crippen molar-refractivity contribution in [3.8, 4) is 0 Å². The van der Waals surface area contributed by atoms with E-state index in [1.54, 1.807) is 17.8 Å². The molecule has 0 spiro atoms. The summed E-state index contributed by atoms with van der Waals surface area (Å²) in [6.45, 7) is 4.60. The molecule has 1 aromatic carbocycles. The van der Waals surface area contributed by atoms with Crippen LogP contribution in [0.2, 0.25) is 5.02 Å². The largest absolute Gasteiger partial charge is 0.383 e. The molecule has 0 aliphatic carbocycles. The first kappa shape index (κ1) is 15.5. The molecule has 0 radical (unpaired) electrons. The van der Waals surface area contributed by atoms with Crippen LogP contribution in [-0.2, 0) is 18.6 Å². The molecule has 1 aromatic heterocycles. The summed E-state index contributed by atoms with van der Waals surface area (Å²) in [4.78, 5) is 0. The van der Waals surface area contributed by atoms with E-state index in [0.29, 0.717) is 17.1 Å². The zero-order valence-electron chi connectivity index (χ0n) is 11.6. The van der Waals surface area contributed by atoms with E-state index in [-0.39, 0.29) is 0 Å². The molecule has 1 heterocycles. The molecule has 0 saturated carbocycles. The van der Waals surface area contributed by atoms with Gasteiger partial charge < -0.3 is 5.11 Å². The fourth-order valence-corrected chi connectivity index (χ4v) is 2.97. The third kappa shape index (κ3) is 3.43. The predicted octanol–water partition coefficient (Wildman–Crippen LogP) is 4.16. The molecule has 2 aromatic rings. The second-order valence-corrected chi connectivity index (χ2v) is 6.46. The molecule has 2 rings (SSSR count). The quantitative estimate of drug-likeness (QED) is 0.872. The van der Waals surface area contributed by atoms with Crippen LogP contribution in [0.1, 0.15) is 31.5 Å². The fourth-order valence-electron chi connectivity index (χ4n) is 2.36. The van der Waals surface area contributed by atoms with Gasteiger partial charge in [-0.05, 0) is 31.0 Å². The van der Waals surface area contributed by atoms with E-state index >= 15 is 0 Å². The van der Waals surface area contributed by atoms with Gasteiger partial charge in [-0.25, -0.2) is 0 Å². The molecular weight excluding hydrogens is 340 g/mol. The Morgan fingerprint density at radius 3 is 2.60 bits per heavy atom. The number of benzene rings is 1. The highest BCUT2D eigenvalue weighted by Crippen LogP contribution is 2.31. The van der Waals surface area contributed by atoms with Crippen LogP contribution in [0.5, 0.6) is 0 Å². The van der Waals surface area contributed by atoms with Gasteiger partial charge in [0, 0.05) is 17.4 Å². The van der Waals surface area contributed by atoms with E-state index in [1.165, 1.54) is 0 Å². The molecule has 0 aliphatic rings. The van der Waals surface area contributed by atoms with Gasteiger partial charge in [0.05, 0.1) is 16.9 Å². The molecular formula is C15H18BrClN2O. The summed E-state index contributed by atoms with van der Waals surface area (Å²) in [7, 11) is 0. The van der Waals surface area contributed by atoms with Gasteiger partial charge in [-0.1, -0.05) is 46.6 Å². The average Bonchev–Trinajstić information content (AvgIpc) is 2.74. The van der Waals surface area contributed by atoms with Crippen molar-refractivity contribution in [1.82, 2.24) is 9.78 Å². The predicted molar refractivity (Wildman–Crippen MR) is 84.9 cm³/mol. The molecule has 0 aliphatic heterocycles. The van der Waals surface area contributed by atoms with E-state index in [4.69, 9.17) is 11.6 Å². The zero-order valence-corrected chi connectivity index (χ0v) is 13.9. The smallest absolute Gasteiger partial charge is 0.109 e. The summed E-state index contributed by atoms with van der Waals surface area (Å²) >= 11 is 9.62. The lowest BCUT2D eigenvalue weighted by atomic mass is 9.93. The van der Waals surface area contributed by atoms with Crippen molar-refractivity contribution in [2.24, 2.45) is 0 Å². The minimum Gasteiger partial charge on any atom is -0.383 e. The minimum absolute atomic E-state index is 0.495. The first-order valence-electron chi connectivity index (χ1n) is 6.62. The Balaban J connectivity index is 2.29. The van der Waals surface area contributed by atoms with Gasteiger partial charge in [0.2, 0.25) is 0 Å². The number of hydrogen-bond acceptors (Lipinski definition) is 2. The van der Waals surface area contributed by atoms with E-state index in [0.717, 1.165) is 23.0 Å². The van der Waals surface area contributed by atoms with Crippen molar-refractivity contribution in [2.45, 2.75) is 38.8 Å². The Kier molecular flexibility index (Phi) is 4.89. The van der Waals surface area contributed by atoms with E-state index in [9.17, 15) is 5.11 Å². The lowest BCUT2D eigenvalue weighted by molar-refractivity contribution is 0.0478. The van der Waals surface area contributed by atoms with Crippen LogP contribution in [0.4, 0.5) is 0 Å². The van der Waals surface area contributed by atoms with Crippen LogP contribution in [0.15, 0.2) is 34.9 Å². The Morgan fingerprint density at radius 1 is 1.35 bits per heavy atom. The van der Waals surface area contributed by atoms with Crippen LogP contribution in [0.3, 0.4) is 0 Å². The normalized spacial score (nSPS) is 14.2. The average molecular weight is 358 g/mol. The maximum atomic E-state index is 10.8. The maximum absolute atomic E-state index is 10.8. The molecule has 0 fully saturated rings. The highest BCUT2D eigenvalue weighted by atomic mass is 79.9. The molecule has 0 saturated heterocycles. The summed E-state index contributed by atoms with van der Waals surface area (Å²) in [5, 5.41) is 15.6. The number of aliphatic hydroxyl groups is 1. The molecule has 1 unspecified atom stereocenters. The zero-order chi connectivity index (χ0) is 14.8. The Morgan fingerprint density at radius 2 is 2.00 bits per heavy atom. The summed E-state index contributed by atoms with van der Waals surface area (Å²) < 4.78 is 2.82. The van der Waals surface area contributed by atoms with E-state index in [2.05, 4.69) is 28.0 Å². The maximum Gasteiger partial charge on any atom is 0.109 e. The summed E-state index contributed by atoms with van der Waals surface area (Å²) in [6.07, 6.45) is 3.04. The van der Waals surface area contributed by atoms with Crippen molar-refractivity contribution in [3.05, 3.63) is 51.2 Å². The second-order valence-electron chi connectivity index (χ2n) is 5.14. The Bertz CT molecular complexity index is 578. The van der Waals surface area contributed by atoms with Crippen molar-refractivity contribution in [1.29, 1.82) is 0 Å². The van der Waals surface area contributed by atoms with Crippen molar-refractivity contribution in [2.75, 3.05) is 0 Å². The number of rotatable bonds is 5. The standard InChI is InChI=1S/C15H18BrClN2O/c1-3-8-19-14(13(17)10-18-19)15(2,20)9-11-4-6-12(16)7-5-11/h4-7,10,20H,3,8-9H2,1-2H3. The lowest BCUT2D eigenvalue weighted by Gasteiger charge is -2.25. The Labute approximate surface area is 132 Å². The van der Waals surface area contributed by atoms with Gasteiger partial charge in [0.25, 0.3) is 0 Å². The highest BCUT2D eigenvalue weighted by Gasteiger charge is 2.30. The topological polar surface area (TPSA) is 38.0 Å². The van der Waals surface area contributed by atoms with Crippen LogP contribution >= 0.6 is 27.5 Å². The van der Waals surface area contributed by atoms with Gasteiger partial charge in [0.1, 0.15) is 5.60 Å². The molecule has 5 heteroatoms. The van der Waals surface area contributed by atoms with Gasteiger partial charge in [-0.3, -0.25) is 4.68 Å². The van der Waals surface area contributed by atoms with Crippen molar-refractivity contribution in [3.63, 3.8) is 0 Å². The van der Waals surface area contributed by atoms with Crippen molar-refractivity contribution < 1.29 is 5.11 Å². The lowest BCUT2D eigenvalue weighted by Crippen LogP contribution is -2.28. The van der Waals surface area contributed by atoms with E-state index in [1.807, 2.05) is 24.3 Å². The summed E-state index contributed by atoms with van der Waals surface area (Å²) in [6, 6.07) is 7.92. The molecule has 20 heavy (non-hydrogen) atoms. The number of aryl methyl sites for hydroxylation is 1. The third-order valence-corrected chi connectivity index (χ3v) is 4.01. The minimum atomic E-state index is -1.05. The van der Waals surface area contributed by atoms with Gasteiger partial charge in [0.15, 0.2) is 0 Å². The number of aromatic nitrogens is 2. The molecule has 0 amide bonds. The van der Waals surface area contributed by atoms with Crippen LogP contribution in [-0.4, -0.2) is 14.9 Å². The van der Waals surface area contributed by atoms with E-state index < -0.39 is 5.60 Å². The summed E-state index contributed by atoms with van der Waals surface area (Å²) in [5.74, 6) is 0. The number of nitrogens with zero attached hydrogens (tertiary/aromatic N) is 2. The third-order valence-electron chi connectivity index (χ3n) is 3.20. The first-order chi connectivity index (χ1) is 9.44. The van der Waals surface area contributed by atoms with Gasteiger partial charge in [-0.15, -0.1) is 0 Å². The molecule has 1 N–H and O–H groups in total. The molecule has 1 atom stereocenters. The molecule has 3 nitrogen and oxygen atoms in total. The fraction of sp³-hybridized carbons (Fsp3) is 0.400. The van der Waals surface area contributed by atoms with Crippen LogP contribution < -0.4 is 0 Å². The number of halogens is 2. The van der Waals surface area contributed by atoms with Crippen LogP contribution in [0, 0.1) is 0 Å². The van der Waals surface area contributed by atoms with Crippen LogP contribution in [0.25, 0.3) is 0 Å². The number of hydrogen-bond donors (Lipinski definition) is 1. The first-order valence-corrected chi connectivity index (χ1v) is 7.79. The van der Waals surface area contributed by atoms with Gasteiger partial charge >= 0.3 is 0 Å².